The monoisotopic (exact) mass is 400 g/mol. The molecule has 0 saturated heterocycles. The number of aromatic nitrogens is 5. The Bertz CT molecular complexity index is 1110. The number of benzene rings is 1. The van der Waals surface area contributed by atoms with E-state index in [0.29, 0.717) is 27.4 Å². The highest BCUT2D eigenvalue weighted by Crippen LogP contribution is 2.27. The van der Waals surface area contributed by atoms with Gasteiger partial charge in [-0.3, -0.25) is 0 Å². The van der Waals surface area contributed by atoms with Gasteiger partial charge in [-0.2, -0.15) is 5.10 Å². The zero-order valence-electron chi connectivity index (χ0n) is 14.1. The second-order valence-corrected chi connectivity index (χ2v) is 6.80. The van der Waals surface area contributed by atoms with E-state index in [0.717, 1.165) is 16.6 Å². The van der Waals surface area contributed by atoms with Gasteiger partial charge in [-0.05, 0) is 31.2 Å². The number of halogens is 2. The van der Waals surface area contributed by atoms with E-state index in [4.69, 9.17) is 23.2 Å². The summed E-state index contributed by atoms with van der Waals surface area (Å²) in [6.07, 6.45) is 4.20. The first-order valence-electron chi connectivity index (χ1n) is 8.07. The number of nitrogens with zero attached hydrogens (tertiary/aromatic N) is 5. The highest BCUT2D eigenvalue weighted by atomic mass is 35.5. The van der Waals surface area contributed by atoms with Crippen LogP contribution in [0.4, 0.5) is 11.6 Å². The maximum absolute atomic E-state index is 9.69. The Kier molecular flexibility index (Phi) is 4.65. The summed E-state index contributed by atoms with van der Waals surface area (Å²) in [7, 11) is 0. The van der Waals surface area contributed by atoms with E-state index in [1.807, 2.05) is 12.3 Å². The van der Waals surface area contributed by atoms with Gasteiger partial charge in [0.25, 0.3) is 0 Å². The Hall–Kier alpha value is -2.74. The maximum Gasteiger partial charge on any atom is 0.142 e. The van der Waals surface area contributed by atoms with Crippen molar-refractivity contribution < 1.29 is 5.11 Å². The summed E-state index contributed by atoms with van der Waals surface area (Å²) in [6, 6.07) is 8.70. The fraction of sp³-hybridized carbons (Fsp3) is 0.111. The molecule has 136 valence electrons. The molecule has 7 nitrogen and oxygen atoms in total. The largest absolute Gasteiger partial charge is 0.387 e. The van der Waals surface area contributed by atoms with Crippen molar-refractivity contribution in [2.24, 2.45) is 0 Å². The third kappa shape index (κ3) is 3.71. The van der Waals surface area contributed by atoms with Gasteiger partial charge in [-0.15, -0.1) is 0 Å². The first-order chi connectivity index (χ1) is 13.0. The molecule has 0 spiro atoms. The van der Waals surface area contributed by atoms with Gasteiger partial charge in [0.05, 0.1) is 28.4 Å². The van der Waals surface area contributed by atoms with Crippen LogP contribution in [0.5, 0.6) is 0 Å². The fourth-order valence-electron chi connectivity index (χ4n) is 2.64. The SMILES string of the molecule is CC(O)c1cc(Nc2nccc3nn(-c4cc(Cl)cc(Cl)c4)cc23)ncn1. The molecule has 1 aromatic carbocycles. The second-order valence-electron chi connectivity index (χ2n) is 5.92. The second kappa shape index (κ2) is 7.11. The molecule has 9 heteroatoms. The van der Waals surface area contributed by atoms with Crippen molar-refractivity contribution in [3.63, 3.8) is 0 Å². The molecule has 0 aliphatic carbocycles. The molecule has 0 saturated carbocycles. The minimum absolute atomic E-state index is 0.518. The molecule has 0 amide bonds. The van der Waals surface area contributed by atoms with Gasteiger partial charge in [0, 0.05) is 28.5 Å². The molecule has 0 bridgehead atoms. The first kappa shape index (κ1) is 17.7. The van der Waals surface area contributed by atoms with Gasteiger partial charge in [-0.1, -0.05) is 23.2 Å². The van der Waals surface area contributed by atoms with Crippen LogP contribution in [-0.4, -0.2) is 29.8 Å². The summed E-state index contributed by atoms with van der Waals surface area (Å²) >= 11 is 12.2. The summed E-state index contributed by atoms with van der Waals surface area (Å²) in [5.41, 5.74) is 2.01. The zero-order valence-corrected chi connectivity index (χ0v) is 15.6. The van der Waals surface area contributed by atoms with Crippen LogP contribution in [0.25, 0.3) is 16.6 Å². The van der Waals surface area contributed by atoms with Crippen molar-refractivity contribution in [2.75, 3.05) is 5.32 Å². The van der Waals surface area contributed by atoms with E-state index in [-0.39, 0.29) is 0 Å². The lowest BCUT2D eigenvalue weighted by molar-refractivity contribution is 0.194. The molecule has 2 N–H and O–H groups in total. The summed E-state index contributed by atoms with van der Waals surface area (Å²) in [6.45, 7) is 1.64. The average Bonchev–Trinajstić information content (AvgIpc) is 3.06. The molecular weight excluding hydrogens is 387 g/mol. The minimum Gasteiger partial charge on any atom is -0.387 e. The van der Waals surface area contributed by atoms with E-state index < -0.39 is 6.10 Å². The Morgan fingerprint density at radius 3 is 2.59 bits per heavy atom. The Balaban J connectivity index is 1.74. The third-order valence-electron chi connectivity index (χ3n) is 3.91. The van der Waals surface area contributed by atoms with E-state index in [1.165, 1.54) is 6.33 Å². The summed E-state index contributed by atoms with van der Waals surface area (Å²) in [4.78, 5) is 12.6. The molecular formula is C18H14Cl2N6O. The molecule has 0 radical (unpaired) electrons. The molecule has 0 aliphatic rings. The normalized spacial score (nSPS) is 12.3. The van der Waals surface area contributed by atoms with E-state index in [9.17, 15) is 5.11 Å². The number of pyridine rings is 1. The van der Waals surface area contributed by atoms with Crippen LogP contribution in [0.3, 0.4) is 0 Å². The fourth-order valence-corrected chi connectivity index (χ4v) is 3.15. The first-order valence-corrected chi connectivity index (χ1v) is 8.83. The molecule has 0 aliphatic heterocycles. The van der Waals surface area contributed by atoms with Crippen LogP contribution < -0.4 is 5.32 Å². The van der Waals surface area contributed by atoms with Gasteiger partial charge in [0.2, 0.25) is 0 Å². The van der Waals surface area contributed by atoms with Gasteiger partial charge < -0.3 is 10.4 Å². The topological polar surface area (TPSA) is 88.8 Å². The van der Waals surface area contributed by atoms with Crippen LogP contribution >= 0.6 is 23.2 Å². The maximum atomic E-state index is 9.69. The number of aliphatic hydroxyl groups excluding tert-OH is 1. The highest BCUT2D eigenvalue weighted by molar-refractivity contribution is 6.34. The van der Waals surface area contributed by atoms with E-state index >= 15 is 0 Å². The quantitative estimate of drug-likeness (QED) is 0.530. The van der Waals surface area contributed by atoms with Crippen molar-refractivity contribution in [2.45, 2.75) is 13.0 Å². The molecule has 1 unspecified atom stereocenters. The van der Waals surface area contributed by atoms with Crippen molar-refractivity contribution in [1.29, 1.82) is 0 Å². The van der Waals surface area contributed by atoms with Gasteiger partial charge in [0.1, 0.15) is 18.0 Å². The van der Waals surface area contributed by atoms with E-state index in [2.05, 4.69) is 25.4 Å². The van der Waals surface area contributed by atoms with Gasteiger partial charge >= 0.3 is 0 Å². The number of hydrogen-bond acceptors (Lipinski definition) is 6. The number of aliphatic hydroxyl groups is 1. The molecule has 27 heavy (non-hydrogen) atoms. The van der Waals surface area contributed by atoms with Crippen molar-refractivity contribution in [3.8, 4) is 5.69 Å². The van der Waals surface area contributed by atoms with Crippen molar-refractivity contribution in [1.82, 2.24) is 24.7 Å². The van der Waals surface area contributed by atoms with Crippen LogP contribution in [0.1, 0.15) is 18.7 Å². The average molecular weight is 401 g/mol. The molecule has 0 fully saturated rings. The molecule has 3 heterocycles. The minimum atomic E-state index is -0.687. The summed E-state index contributed by atoms with van der Waals surface area (Å²) in [5.74, 6) is 1.11. The Morgan fingerprint density at radius 1 is 1.07 bits per heavy atom. The lowest BCUT2D eigenvalue weighted by Crippen LogP contribution is -2.01. The predicted molar refractivity (Wildman–Crippen MR) is 105 cm³/mol. The molecule has 3 aromatic heterocycles. The van der Waals surface area contributed by atoms with Crippen molar-refractivity contribution >= 4 is 45.7 Å². The molecule has 4 aromatic rings. The van der Waals surface area contributed by atoms with Gasteiger partial charge in [0.15, 0.2) is 0 Å². The van der Waals surface area contributed by atoms with Gasteiger partial charge in [-0.25, -0.2) is 19.6 Å². The summed E-state index contributed by atoms with van der Waals surface area (Å²) < 4.78 is 1.69. The van der Waals surface area contributed by atoms with Crippen molar-refractivity contribution in [3.05, 3.63) is 64.8 Å². The number of hydrogen-bond donors (Lipinski definition) is 2. The molecule has 1 atom stereocenters. The lowest BCUT2D eigenvalue weighted by atomic mass is 10.2. The molecule has 4 rings (SSSR count). The number of nitrogens with one attached hydrogen (secondary N) is 1. The Labute approximate surface area is 164 Å². The number of rotatable bonds is 4. The number of fused-ring (bicyclic) bond motifs is 1. The van der Waals surface area contributed by atoms with Crippen LogP contribution in [-0.2, 0) is 0 Å². The Morgan fingerprint density at radius 2 is 1.85 bits per heavy atom. The highest BCUT2D eigenvalue weighted by Gasteiger charge is 2.11. The van der Waals surface area contributed by atoms with Crippen LogP contribution in [0, 0.1) is 0 Å². The van der Waals surface area contributed by atoms with Crippen LogP contribution in [0.15, 0.2) is 49.1 Å². The smallest absolute Gasteiger partial charge is 0.142 e. The standard InChI is InChI=1S/C18H14Cl2N6O/c1-10(27)16-7-17(23-9-22-16)24-18-14-8-26(25-15(14)2-3-21-18)13-5-11(19)4-12(20)6-13/h2-10,27H,1H3,(H,21,22,23,24). The van der Waals surface area contributed by atoms with E-state index in [1.54, 1.807) is 42.1 Å². The van der Waals surface area contributed by atoms with Crippen LogP contribution in [0.2, 0.25) is 10.0 Å². The lowest BCUT2D eigenvalue weighted by Gasteiger charge is -2.08. The predicted octanol–water partition coefficient (Wildman–Crippen LogP) is 4.31. The number of anilines is 2. The zero-order chi connectivity index (χ0) is 19.0. The summed E-state index contributed by atoms with van der Waals surface area (Å²) in [5, 5.41) is 19.3. The third-order valence-corrected chi connectivity index (χ3v) is 4.34.